The van der Waals surface area contributed by atoms with Gasteiger partial charge in [-0.2, -0.15) is 5.10 Å². The van der Waals surface area contributed by atoms with E-state index in [0.717, 1.165) is 12.8 Å². The van der Waals surface area contributed by atoms with Crippen molar-refractivity contribution in [1.82, 2.24) is 20.0 Å². The molecule has 3 rings (SSSR count). The number of carbonyl (C=O) groups is 2. The number of nitrogens with one attached hydrogen (secondary N) is 1. The van der Waals surface area contributed by atoms with E-state index >= 15 is 0 Å². The first-order valence-corrected chi connectivity index (χ1v) is 9.70. The van der Waals surface area contributed by atoms with Crippen LogP contribution in [0.1, 0.15) is 48.7 Å². The molecular weight excluding hydrogens is 359 g/mol. The minimum atomic E-state index is -0.680. The topological polar surface area (TPSA) is 67.2 Å². The van der Waals surface area contributed by atoms with E-state index in [1.54, 1.807) is 17.2 Å². The second-order valence-electron chi connectivity index (χ2n) is 7.65. The summed E-state index contributed by atoms with van der Waals surface area (Å²) in [6.45, 7) is 5.03. The first-order valence-electron chi connectivity index (χ1n) is 9.70. The maximum absolute atomic E-state index is 13.9. The van der Waals surface area contributed by atoms with Crippen molar-refractivity contribution >= 4 is 11.8 Å². The van der Waals surface area contributed by atoms with Gasteiger partial charge in [0, 0.05) is 37.9 Å². The maximum Gasteiger partial charge on any atom is 0.254 e. The Bertz CT molecular complexity index is 840. The zero-order valence-corrected chi connectivity index (χ0v) is 16.6. The summed E-state index contributed by atoms with van der Waals surface area (Å²) < 4.78 is 15.8. The van der Waals surface area contributed by atoms with Gasteiger partial charge >= 0.3 is 0 Å². The zero-order chi connectivity index (χ0) is 20.3. The standard InChI is InChI=1S/C21H27FN4O2/c1-14(2)19(24-20(27)16-6-4-5-7-17(16)22)21(28)26-12-9-15(10-13-26)18-8-11-23-25(18)3/h4-8,11,14-15,19H,9-10,12-13H2,1-3H3,(H,24,27). The largest absolute Gasteiger partial charge is 0.341 e. The Morgan fingerprint density at radius 3 is 2.43 bits per heavy atom. The summed E-state index contributed by atoms with van der Waals surface area (Å²) in [5.41, 5.74) is 1.14. The average molecular weight is 386 g/mol. The highest BCUT2D eigenvalue weighted by atomic mass is 19.1. The van der Waals surface area contributed by atoms with Crippen LogP contribution in [0.25, 0.3) is 0 Å². The van der Waals surface area contributed by atoms with Crippen LogP contribution in [0.4, 0.5) is 4.39 Å². The Kier molecular flexibility index (Phi) is 6.11. The Labute approximate surface area is 164 Å². The first kappa shape index (κ1) is 20.0. The predicted molar refractivity (Wildman–Crippen MR) is 104 cm³/mol. The number of hydrogen-bond acceptors (Lipinski definition) is 3. The van der Waals surface area contributed by atoms with Crippen LogP contribution in [-0.4, -0.2) is 45.6 Å². The molecule has 150 valence electrons. The molecule has 1 N–H and O–H groups in total. The van der Waals surface area contributed by atoms with Crippen molar-refractivity contribution in [3.8, 4) is 0 Å². The van der Waals surface area contributed by atoms with Gasteiger partial charge in [-0.15, -0.1) is 0 Å². The van der Waals surface area contributed by atoms with Crippen LogP contribution in [0.3, 0.4) is 0 Å². The number of hydrogen-bond donors (Lipinski definition) is 1. The highest BCUT2D eigenvalue weighted by Gasteiger charge is 2.32. The number of aryl methyl sites for hydroxylation is 1. The van der Waals surface area contributed by atoms with Gasteiger partial charge in [-0.1, -0.05) is 26.0 Å². The van der Waals surface area contributed by atoms with E-state index < -0.39 is 17.8 Å². The molecular formula is C21H27FN4O2. The lowest BCUT2D eigenvalue weighted by Gasteiger charge is -2.35. The van der Waals surface area contributed by atoms with Crippen LogP contribution >= 0.6 is 0 Å². The Morgan fingerprint density at radius 2 is 1.86 bits per heavy atom. The second kappa shape index (κ2) is 8.54. The van der Waals surface area contributed by atoms with E-state index in [4.69, 9.17) is 0 Å². The van der Waals surface area contributed by atoms with Crippen molar-refractivity contribution in [2.24, 2.45) is 13.0 Å². The molecule has 0 saturated carbocycles. The van der Waals surface area contributed by atoms with Gasteiger partial charge in [-0.3, -0.25) is 14.3 Å². The summed E-state index contributed by atoms with van der Waals surface area (Å²) in [5.74, 6) is -0.981. The van der Waals surface area contributed by atoms with Gasteiger partial charge in [-0.05, 0) is 37.0 Å². The Morgan fingerprint density at radius 1 is 1.18 bits per heavy atom. The molecule has 1 aromatic carbocycles. The van der Waals surface area contributed by atoms with E-state index in [-0.39, 0.29) is 17.4 Å². The smallest absolute Gasteiger partial charge is 0.254 e. The number of benzene rings is 1. The molecule has 2 heterocycles. The molecule has 28 heavy (non-hydrogen) atoms. The fourth-order valence-electron chi connectivity index (χ4n) is 3.75. The van der Waals surface area contributed by atoms with Crippen LogP contribution in [0.5, 0.6) is 0 Å². The number of halogens is 1. The Hall–Kier alpha value is -2.70. The monoisotopic (exact) mass is 386 g/mol. The summed E-state index contributed by atoms with van der Waals surface area (Å²) in [7, 11) is 1.93. The van der Waals surface area contributed by atoms with Gasteiger partial charge in [0.2, 0.25) is 5.91 Å². The molecule has 2 aromatic rings. The molecule has 1 aliphatic heterocycles. The predicted octanol–water partition coefficient (Wildman–Crippen LogP) is 2.72. The fraction of sp³-hybridized carbons (Fsp3) is 0.476. The number of piperidine rings is 1. The van der Waals surface area contributed by atoms with Gasteiger partial charge in [0.1, 0.15) is 11.9 Å². The number of likely N-dealkylation sites (tertiary alicyclic amines) is 1. The zero-order valence-electron chi connectivity index (χ0n) is 16.6. The van der Waals surface area contributed by atoms with Crippen LogP contribution in [-0.2, 0) is 11.8 Å². The van der Waals surface area contributed by atoms with E-state index in [1.165, 1.54) is 23.9 Å². The van der Waals surface area contributed by atoms with Crippen molar-refractivity contribution in [2.45, 2.75) is 38.6 Å². The van der Waals surface area contributed by atoms with Crippen molar-refractivity contribution in [2.75, 3.05) is 13.1 Å². The van der Waals surface area contributed by atoms with Crippen LogP contribution in [0.2, 0.25) is 0 Å². The lowest BCUT2D eigenvalue weighted by molar-refractivity contribution is -0.135. The minimum Gasteiger partial charge on any atom is -0.341 e. The fourth-order valence-corrected chi connectivity index (χ4v) is 3.75. The number of amides is 2. The second-order valence-corrected chi connectivity index (χ2v) is 7.65. The summed E-state index contributed by atoms with van der Waals surface area (Å²) in [6, 6.07) is 7.14. The van der Waals surface area contributed by atoms with Gasteiger partial charge in [0.05, 0.1) is 5.56 Å². The van der Waals surface area contributed by atoms with E-state index in [9.17, 15) is 14.0 Å². The average Bonchev–Trinajstić information content (AvgIpc) is 3.11. The molecule has 0 bridgehead atoms. The van der Waals surface area contributed by atoms with Crippen molar-refractivity contribution in [3.05, 3.63) is 53.6 Å². The number of nitrogens with zero attached hydrogens (tertiary/aromatic N) is 3. The summed E-state index contributed by atoms with van der Waals surface area (Å²) in [4.78, 5) is 27.3. The van der Waals surface area contributed by atoms with Gasteiger partial charge in [-0.25, -0.2) is 4.39 Å². The van der Waals surface area contributed by atoms with E-state index in [0.29, 0.717) is 19.0 Å². The summed E-state index contributed by atoms with van der Waals surface area (Å²) in [5, 5.41) is 6.96. The quantitative estimate of drug-likeness (QED) is 0.859. The maximum atomic E-state index is 13.9. The highest BCUT2D eigenvalue weighted by molar-refractivity contribution is 5.97. The van der Waals surface area contributed by atoms with Crippen LogP contribution < -0.4 is 5.32 Å². The molecule has 0 spiro atoms. The molecule has 6 nitrogen and oxygen atoms in total. The molecule has 0 aliphatic carbocycles. The first-order chi connectivity index (χ1) is 13.4. The highest BCUT2D eigenvalue weighted by Crippen LogP contribution is 2.28. The van der Waals surface area contributed by atoms with Gasteiger partial charge in [0.15, 0.2) is 0 Å². The normalized spacial score (nSPS) is 16.2. The number of carbonyl (C=O) groups excluding carboxylic acids is 2. The number of rotatable bonds is 5. The van der Waals surface area contributed by atoms with E-state index in [2.05, 4.69) is 10.4 Å². The number of aromatic nitrogens is 2. The van der Waals surface area contributed by atoms with Crippen molar-refractivity contribution in [1.29, 1.82) is 0 Å². The molecule has 1 atom stereocenters. The van der Waals surface area contributed by atoms with Gasteiger partial charge in [0.25, 0.3) is 5.91 Å². The lowest BCUT2D eigenvalue weighted by atomic mass is 9.92. The summed E-state index contributed by atoms with van der Waals surface area (Å²) >= 11 is 0. The molecule has 2 amide bonds. The SMILES string of the molecule is CC(C)C(NC(=O)c1ccccc1F)C(=O)N1CCC(c2ccnn2C)CC1. The third-order valence-corrected chi connectivity index (χ3v) is 5.42. The van der Waals surface area contributed by atoms with Gasteiger partial charge < -0.3 is 10.2 Å². The van der Waals surface area contributed by atoms with Crippen LogP contribution in [0, 0.1) is 11.7 Å². The molecule has 1 aromatic heterocycles. The van der Waals surface area contributed by atoms with Crippen LogP contribution in [0.15, 0.2) is 36.5 Å². The van der Waals surface area contributed by atoms with Crippen molar-refractivity contribution < 1.29 is 14.0 Å². The third-order valence-electron chi connectivity index (χ3n) is 5.42. The molecule has 7 heteroatoms. The van der Waals surface area contributed by atoms with E-state index in [1.807, 2.05) is 31.6 Å². The molecule has 1 aliphatic rings. The minimum absolute atomic E-state index is 0.0455. The summed E-state index contributed by atoms with van der Waals surface area (Å²) in [6.07, 6.45) is 3.51. The van der Waals surface area contributed by atoms with Crippen molar-refractivity contribution in [3.63, 3.8) is 0 Å². The molecule has 1 fully saturated rings. The third kappa shape index (κ3) is 4.24. The lowest BCUT2D eigenvalue weighted by Crippen LogP contribution is -2.53. The molecule has 1 unspecified atom stereocenters. The molecule has 0 radical (unpaired) electrons. The molecule has 1 saturated heterocycles. The Balaban J connectivity index is 1.65.